The minimum Gasteiger partial charge on any atom is -0.391 e. The Morgan fingerprint density at radius 3 is 0.829 bits per heavy atom. The van der Waals surface area contributed by atoms with E-state index in [0.29, 0.717) is 18.7 Å². The van der Waals surface area contributed by atoms with Gasteiger partial charge < -0.3 is 10.4 Å². The molecule has 0 heterocycles. The standard InChI is InChI=1S/C66H129NO3/c1-3-5-7-9-11-13-15-17-32-36-39-43-47-51-55-59-64(68)60-56-52-48-44-40-37-33-30-28-26-24-22-20-19-21-23-25-27-29-31-34-38-42-46-50-54-58-62-66(70)67-63-65(69)61-57-53-49-45-41-35-18-16-14-12-10-8-6-4-2/h17,32,65,69H,3-16,18-31,33-63H2,1-2H3,(H,67,70)/t65-/m1/s1. The van der Waals surface area contributed by atoms with E-state index in [2.05, 4.69) is 31.3 Å². The topological polar surface area (TPSA) is 66.4 Å². The first-order chi connectivity index (χ1) is 34.6. The van der Waals surface area contributed by atoms with Gasteiger partial charge in [0, 0.05) is 25.8 Å². The average Bonchev–Trinajstić information content (AvgIpc) is 3.36. The van der Waals surface area contributed by atoms with Gasteiger partial charge in [0.2, 0.25) is 5.91 Å². The maximum Gasteiger partial charge on any atom is 0.220 e. The van der Waals surface area contributed by atoms with Crippen molar-refractivity contribution in [2.24, 2.45) is 0 Å². The fraction of sp³-hybridized carbons (Fsp3) is 0.939. The van der Waals surface area contributed by atoms with Crippen LogP contribution in [0.2, 0.25) is 0 Å². The van der Waals surface area contributed by atoms with Crippen LogP contribution in [-0.4, -0.2) is 29.4 Å². The summed E-state index contributed by atoms with van der Waals surface area (Å²) in [4.78, 5) is 24.5. The number of nitrogens with one attached hydrogen (secondary N) is 1. The van der Waals surface area contributed by atoms with Gasteiger partial charge in [-0.15, -0.1) is 0 Å². The highest BCUT2D eigenvalue weighted by molar-refractivity contribution is 5.78. The van der Waals surface area contributed by atoms with Gasteiger partial charge in [-0.05, 0) is 51.4 Å². The summed E-state index contributed by atoms with van der Waals surface area (Å²) < 4.78 is 0. The predicted molar refractivity (Wildman–Crippen MR) is 312 cm³/mol. The van der Waals surface area contributed by atoms with Crippen LogP contribution in [0.1, 0.15) is 386 Å². The number of carbonyl (C=O) groups is 2. The summed E-state index contributed by atoms with van der Waals surface area (Å²) in [5, 5.41) is 13.3. The Balaban J connectivity index is 3.23. The Kier molecular flexibility index (Phi) is 61.1. The number of aliphatic hydroxyl groups excluding tert-OH is 1. The molecule has 0 radical (unpaired) electrons. The number of hydrogen-bond donors (Lipinski definition) is 2. The third kappa shape index (κ3) is 61.1. The zero-order chi connectivity index (χ0) is 50.6. The molecule has 2 N–H and O–H groups in total. The largest absolute Gasteiger partial charge is 0.391 e. The minimum absolute atomic E-state index is 0.116. The number of aliphatic hydroxyl groups is 1. The van der Waals surface area contributed by atoms with E-state index < -0.39 is 6.10 Å². The molecule has 0 spiro atoms. The molecule has 0 aliphatic heterocycles. The van der Waals surface area contributed by atoms with E-state index in [-0.39, 0.29) is 5.91 Å². The average molecular weight is 985 g/mol. The van der Waals surface area contributed by atoms with Crippen LogP contribution in [0.5, 0.6) is 0 Å². The number of amides is 1. The monoisotopic (exact) mass is 984 g/mol. The van der Waals surface area contributed by atoms with Crippen LogP contribution in [0.15, 0.2) is 12.2 Å². The quantitative estimate of drug-likeness (QED) is 0.0471. The lowest BCUT2D eigenvalue weighted by atomic mass is 10.0. The fourth-order valence-corrected chi connectivity index (χ4v) is 10.5. The van der Waals surface area contributed by atoms with Crippen molar-refractivity contribution in [1.29, 1.82) is 0 Å². The number of ketones is 1. The first-order valence-electron chi connectivity index (χ1n) is 32.7. The summed E-state index contributed by atoms with van der Waals surface area (Å²) in [6.45, 7) is 4.99. The molecule has 1 amide bonds. The van der Waals surface area contributed by atoms with Gasteiger partial charge in [0.1, 0.15) is 5.78 Å². The molecule has 0 saturated heterocycles. The van der Waals surface area contributed by atoms with Crippen molar-refractivity contribution in [3.8, 4) is 0 Å². The molecule has 0 rings (SSSR count). The number of rotatable bonds is 62. The molecule has 0 bridgehead atoms. The summed E-state index contributed by atoms with van der Waals surface area (Å²) in [7, 11) is 0. The van der Waals surface area contributed by atoms with Crippen molar-refractivity contribution in [1.82, 2.24) is 5.32 Å². The first kappa shape index (κ1) is 68.8. The maximum atomic E-state index is 12.3. The van der Waals surface area contributed by atoms with E-state index in [0.717, 1.165) is 51.4 Å². The number of Topliss-reactive ketones (excluding diaryl/α,β-unsaturated/α-hetero) is 1. The lowest BCUT2D eigenvalue weighted by Crippen LogP contribution is -2.31. The lowest BCUT2D eigenvalue weighted by molar-refractivity contribution is -0.121. The summed E-state index contributed by atoms with van der Waals surface area (Å²) in [5.74, 6) is 0.630. The highest BCUT2D eigenvalue weighted by Crippen LogP contribution is 2.19. The Labute approximate surface area is 440 Å². The van der Waals surface area contributed by atoms with E-state index in [1.165, 1.54) is 315 Å². The van der Waals surface area contributed by atoms with Gasteiger partial charge >= 0.3 is 0 Å². The summed E-state index contributed by atoms with van der Waals surface area (Å²) in [5.41, 5.74) is 0. The summed E-state index contributed by atoms with van der Waals surface area (Å²) >= 11 is 0. The third-order valence-electron chi connectivity index (χ3n) is 15.5. The van der Waals surface area contributed by atoms with Gasteiger partial charge in [-0.25, -0.2) is 0 Å². The van der Waals surface area contributed by atoms with Crippen LogP contribution in [0.4, 0.5) is 0 Å². The number of unbranched alkanes of at least 4 members (excludes halogenated alkanes) is 50. The Morgan fingerprint density at radius 1 is 0.314 bits per heavy atom. The Morgan fingerprint density at radius 2 is 0.543 bits per heavy atom. The molecule has 0 unspecified atom stereocenters. The van der Waals surface area contributed by atoms with E-state index >= 15 is 0 Å². The molecule has 4 nitrogen and oxygen atoms in total. The first-order valence-corrected chi connectivity index (χ1v) is 32.7. The molecule has 70 heavy (non-hydrogen) atoms. The van der Waals surface area contributed by atoms with E-state index in [1.807, 2.05) is 0 Å². The van der Waals surface area contributed by atoms with Gasteiger partial charge in [0.05, 0.1) is 6.10 Å². The van der Waals surface area contributed by atoms with Crippen LogP contribution in [0.3, 0.4) is 0 Å². The van der Waals surface area contributed by atoms with Gasteiger partial charge in [0.25, 0.3) is 0 Å². The Bertz CT molecular complexity index is 1020. The molecular weight excluding hydrogens is 855 g/mol. The second-order valence-corrected chi connectivity index (χ2v) is 22.8. The highest BCUT2D eigenvalue weighted by Gasteiger charge is 2.08. The van der Waals surface area contributed by atoms with Crippen LogP contribution >= 0.6 is 0 Å². The van der Waals surface area contributed by atoms with Crippen molar-refractivity contribution in [3.63, 3.8) is 0 Å². The molecule has 0 aromatic heterocycles. The second kappa shape index (κ2) is 62.1. The molecule has 1 atom stereocenters. The number of hydrogen-bond acceptors (Lipinski definition) is 3. The van der Waals surface area contributed by atoms with Crippen molar-refractivity contribution < 1.29 is 14.7 Å². The maximum absolute atomic E-state index is 12.3. The third-order valence-corrected chi connectivity index (χ3v) is 15.5. The van der Waals surface area contributed by atoms with Crippen LogP contribution in [0.25, 0.3) is 0 Å². The van der Waals surface area contributed by atoms with Crippen molar-refractivity contribution in [3.05, 3.63) is 12.2 Å². The summed E-state index contributed by atoms with van der Waals surface area (Å²) in [6.07, 6.45) is 80.3. The normalized spacial score (nSPS) is 12.2. The molecule has 0 aliphatic carbocycles. The lowest BCUT2D eigenvalue weighted by Gasteiger charge is -2.12. The van der Waals surface area contributed by atoms with Crippen LogP contribution in [0, 0.1) is 0 Å². The smallest absolute Gasteiger partial charge is 0.220 e. The van der Waals surface area contributed by atoms with Gasteiger partial charge in [-0.1, -0.05) is 328 Å². The Hall–Kier alpha value is -1.16. The molecule has 4 heteroatoms. The highest BCUT2D eigenvalue weighted by atomic mass is 16.3. The van der Waals surface area contributed by atoms with E-state index in [4.69, 9.17) is 0 Å². The molecule has 0 saturated carbocycles. The van der Waals surface area contributed by atoms with Gasteiger partial charge in [-0.2, -0.15) is 0 Å². The van der Waals surface area contributed by atoms with Crippen LogP contribution < -0.4 is 5.32 Å². The fourth-order valence-electron chi connectivity index (χ4n) is 10.5. The van der Waals surface area contributed by atoms with E-state index in [1.54, 1.807) is 0 Å². The molecular formula is C66H129NO3. The van der Waals surface area contributed by atoms with Gasteiger partial charge in [0.15, 0.2) is 0 Å². The van der Waals surface area contributed by atoms with Crippen molar-refractivity contribution in [2.45, 2.75) is 392 Å². The molecule has 416 valence electrons. The SMILES string of the molecule is CCCCCCCCC=CCCCCCCCC(=O)CCCCCCCCCCCCCCCCCCCCCCCCCCCCCC(=O)NC[C@H](O)CCCCCCCCCCCCCCCC. The second-order valence-electron chi connectivity index (χ2n) is 22.8. The molecule has 0 aromatic carbocycles. The zero-order valence-electron chi connectivity index (χ0n) is 48.2. The number of carbonyl (C=O) groups excluding carboxylic acids is 2. The molecule has 0 aliphatic rings. The zero-order valence-corrected chi connectivity index (χ0v) is 48.2. The summed E-state index contributed by atoms with van der Waals surface area (Å²) in [6, 6.07) is 0. The van der Waals surface area contributed by atoms with Crippen LogP contribution in [-0.2, 0) is 9.59 Å². The van der Waals surface area contributed by atoms with Gasteiger partial charge in [-0.3, -0.25) is 9.59 Å². The van der Waals surface area contributed by atoms with E-state index in [9.17, 15) is 14.7 Å². The van der Waals surface area contributed by atoms with Crippen molar-refractivity contribution >= 4 is 11.7 Å². The number of allylic oxidation sites excluding steroid dienone is 2. The van der Waals surface area contributed by atoms with Crippen molar-refractivity contribution in [2.75, 3.05) is 6.54 Å². The predicted octanol–water partition coefficient (Wildman–Crippen LogP) is 22.3. The molecule has 0 aromatic rings. The molecule has 0 fully saturated rings. The minimum atomic E-state index is -0.391.